The summed E-state index contributed by atoms with van der Waals surface area (Å²) in [5.74, 6) is 0.958. The number of carbonyl (C=O) groups excluding carboxylic acids is 2. The summed E-state index contributed by atoms with van der Waals surface area (Å²) in [6.07, 6.45) is 4.50. The molecular formula is C27H37N3O7. The SMILES string of the molecule is COC(=O)c1ccc(NC(=O)NCCNCC(O)COc2ccc(OCCOC3CCCC3)cc2)cc1. The number of rotatable bonds is 15. The summed E-state index contributed by atoms with van der Waals surface area (Å²) in [7, 11) is 1.31. The molecule has 10 heteroatoms. The Balaban J connectivity index is 1.20. The topological polar surface area (TPSA) is 127 Å². The van der Waals surface area contributed by atoms with Crippen LogP contribution in [0.4, 0.5) is 10.5 Å². The molecule has 2 aromatic carbocycles. The second-order valence-electron chi connectivity index (χ2n) is 8.72. The first-order valence-corrected chi connectivity index (χ1v) is 12.6. The van der Waals surface area contributed by atoms with Crippen molar-refractivity contribution in [2.75, 3.05) is 51.9 Å². The molecule has 0 spiro atoms. The van der Waals surface area contributed by atoms with Crippen LogP contribution in [-0.4, -0.2) is 75.9 Å². The van der Waals surface area contributed by atoms with Crippen molar-refractivity contribution in [1.82, 2.24) is 10.6 Å². The van der Waals surface area contributed by atoms with Crippen LogP contribution in [0.5, 0.6) is 11.5 Å². The Bertz CT molecular complexity index is 947. The zero-order chi connectivity index (χ0) is 26.3. The van der Waals surface area contributed by atoms with E-state index in [4.69, 9.17) is 14.2 Å². The molecule has 0 radical (unpaired) electrons. The van der Waals surface area contributed by atoms with Crippen molar-refractivity contribution in [3.05, 3.63) is 54.1 Å². The van der Waals surface area contributed by atoms with E-state index in [-0.39, 0.29) is 12.6 Å². The Morgan fingerprint density at radius 3 is 2.30 bits per heavy atom. The van der Waals surface area contributed by atoms with Crippen molar-refractivity contribution >= 4 is 17.7 Å². The largest absolute Gasteiger partial charge is 0.491 e. The average Bonchev–Trinajstić information content (AvgIpc) is 3.44. The summed E-state index contributed by atoms with van der Waals surface area (Å²) in [5.41, 5.74) is 0.959. The van der Waals surface area contributed by atoms with Gasteiger partial charge in [0.05, 0.1) is 25.4 Å². The summed E-state index contributed by atoms with van der Waals surface area (Å²) in [5, 5.41) is 18.6. The molecule has 0 saturated heterocycles. The number of hydrogen-bond acceptors (Lipinski definition) is 8. The molecule has 1 aliphatic rings. The fourth-order valence-corrected chi connectivity index (χ4v) is 3.83. The van der Waals surface area contributed by atoms with E-state index in [0.717, 1.165) is 18.6 Å². The number of benzene rings is 2. The number of urea groups is 1. The Hall–Kier alpha value is -3.34. The van der Waals surface area contributed by atoms with Gasteiger partial charge in [0, 0.05) is 25.3 Å². The highest BCUT2D eigenvalue weighted by Crippen LogP contribution is 2.21. The zero-order valence-corrected chi connectivity index (χ0v) is 21.2. The lowest BCUT2D eigenvalue weighted by Gasteiger charge is -2.14. The predicted octanol–water partition coefficient (Wildman–Crippen LogP) is 2.96. The van der Waals surface area contributed by atoms with Crippen LogP contribution in [0.15, 0.2) is 48.5 Å². The van der Waals surface area contributed by atoms with Gasteiger partial charge in [-0.05, 0) is 61.4 Å². The number of methoxy groups -OCH3 is 1. The Labute approximate surface area is 217 Å². The van der Waals surface area contributed by atoms with Crippen molar-refractivity contribution in [2.45, 2.75) is 37.9 Å². The van der Waals surface area contributed by atoms with Gasteiger partial charge in [-0.15, -0.1) is 0 Å². The van der Waals surface area contributed by atoms with Crippen molar-refractivity contribution in [1.29, 1.82) is 0 Å². The van der Waals surface area contributed by atoms with Crippen LogP contribution >= 0.6 is 0 Å². The summed E-state index contributed by atoms with van der Waals surface area (Å²) >= 11 is 0. The van der Waals surface area contributed by atoms with Crippen molar-refractivity contribution in [3.8, 4) is 11.5 Å². The fraction of sp³-hybridized carbons (Fsp3) is 0.481. The van der Waals surface area contributed by atoms with Gasteiger partial charge >= 0.3 is 12.0 Å². The lowest BCUT2D eigenvalue weighted by atomic mass is 10.2. The summed E-state index contributed by atoms with van der Waals surface area (Å²) in [4.78, 5) is 23.4. The number of carbonyl (C=O) groups is 2. The summed E-state index contributed by atoms with van der Waals surface area (Å²) < 4.78 is 21.8. The van der Waals surface area contributed by atoms with E-state index >= 15 is 0 Å². The van der Waals surface area contributed by atoms with Crippen LogP contribution in [-0.2, 0) is 9.47 Å². The third kappa shape index (κ3) is 10.7. The number of amides is 2. The Kier molecular flexibility index (Phi) is 12.0. The number of nitrogens with one attached hydrogen (secondary N) is 3. The molecule has 37 heavy (non-hydrogen) atoms. The summed E-state index contributed by atoms with van der Waals surface area (Å²) in [6.45, 7) is 2.41. The van der Waals surface area contributed by atoms with Gasteiger partial charge in [-0.1, -0.05) is 12.8 Å². The molecule has 0 aromatic heterocycles. The van der Waals surface area contributed by atoms with Crippen molar-refractivity contribution < 1.29 is 33.6 Å². The number of aliphatic hydroxyl groups is 1. The molecule has 0 heterocycles. The van der Waals surface area contributed by atoms with E-state index in [1.54, 1.807) is 36.4 Å². The zero-order valence-electron chi connectivity index (χ0n) is 21.2. The summed E-state index contributed by atoms with van der Waals surface area (Å²) in [6, 6.07) is 13.3. The predicted molar refractivity (Wildman–Crippen MR) is 139 cm³/mol. The number of anilines is 1. The maximum Gasteiger partial charge on any atom is 0.337 e. The van der Waals surface area contributed by atoms with Gasteiger partial charge in [-0.25, -0.2) is 9.59 Å². The minimum atomic E-state index is -0.703. The lowest BCUT2D eigenvalue weighted by molar-refractivity contribution is 0.0382. The van der Waals surface area contributed by atoms with Gasteiger partial charge in [0.15, 0.2) is 0 Å². The van der Waals surface area contributed by atoms with Gasteiger partial charge in [0.25, 0.3) is 0 Å². The third-order valence-corrected chi connectivity index (χ3v) is 5.81. The molecule has 202 valence electrons. The molecule has 0 bridgehead atoms. The average molecular weight is 516 g/mol. The normalized spacial score (nSPS) is 14.1. The van der Waals surface area contributed by atoms with Gasteiger partial charge in [-0.3, -0.25) is 0 Å². The standard InChI is InChI=1S/C27H37N3O7/c1-34-26(32)20-6-8-21(9-7-20)30-27(33)29-15-14-28-18-22(31)19-37-25-12-10-24(11-13-25)36-17-16-35-23-4-2-3-5-23/h6-13,22-23,28,31H,2-5,14-19H2,1H3,(H2,29,30,33). The highest BCUT2D eigenvalue weighted by atomic mass is 16.5. The quantitative estimate of drug-likeness (QED) is 0.211. The van der Waals surface area contributed by atoms with Crippen LogP contribution in [0, 0.1) is 0 Å². The van der Waals surface area contributed by atoms with Crippen molar-refractivity contribution in [3.63, 3.8) is 0 Å². The number of hydrogen-bond donors (Lipinski definition) is 4. The van der Waals surface area contributed by atoms with Crippen LogP contribution in [0.2, 0.25) is 0 Å². The minimum absolute atomic E-state index is 0.137. The van der Waals surface area contributed by atoms with Gasteiger partial charge in [-0.2, -0.15) is 0 Å². The van der Waals surface area contributed by atoms with Crippen molar-refractivity contribution in [2.24, 2.45) is 0 Å². The van der Waals surface area contributed by atoms with E-state index in [1.165, 1.54) is 20.0 Å². The monoisotopic (exact) mass is 515 g/mol. The molecule has 0 aliphatic heterocycles. The second-order valence-corrected chi connectivity index (χ2v) is 8.72. The molecule has 1 unspecified atom stereocenters. The Morgan fingerprint density at radius 2 is 1.62 bits per heavy atom. The maximum atomic E-state index is 12.0. The first kappa shape index (κ1) is 28.2. The molecule has 1 fully saturated rings. The first-order valence-electron chi connectivity index (χ1n) is 12.6. The lowest BCUT2D eigenvalue weighted by Crippen LogP contribution is -2.38. The van der Waals surface area contributed by atoms with Crippen LogP contribution in [0.3, 0.4) is 0 Å². The molecule has 2 aromatic rings. The van der Waals surface area contributed by atoms with E-state index in [9.17, 15) is 14.7 Å². The highest BCUT2D eigenvalue weighted by molar-refractivity contribution is 5.92. The number of ether oxygens (including phenoxy) is 4. The third-order valence-electron chi connectivity index (χ3n) is 5.81. The van der Waals surface area contributed by atoms with Gasteiger partial charge in [0.2, 0.25) is 0 Å². The van der Waals surface area contributed by atoms with E-state index in [1.807, 2.05) is 12.1 Å². The van der Waals surface area contributed by atoms with E-state index in [2.05, 4.69) is 20.7 Å². The molecule has 4 N–H and O–H groups in total. The second kappa shape index (κ2) is 15.7. The van der Waals surface area contributed by atoms with E-state index < -0.39 is 12.1 Å². The van der Waals surface area contributed by atoms with Gasteiger partial charge < -0.3 is 40.0 Å². The van der Waals surface area contributed by atoms with Crippen LogP contribution < -0.4 is 25.4 Å². The number of aliphatic hydroxyl groups excluding tert-OH is 1. The molecule has 1 atom stereocenters. The number of esters is 1. The highest BCUT2D eigenvalue weighted by Gasteiger charge is 2.14. The molecular weight excluding hydrogens is 478 g/mol. The first-order chi connectivity index (χ1) is 18.0. The molecule has 3 rings (SSSR count). The maximum absolute atomic E-state index is 12.0. The Morgan fingerprint density at radius 1 is 0.946 bits per heavy atom. The smallest absolute Gasteiger partial charge is 0.337 e. The van der Waals surface area contributed by atoms with E-state index in [0.29, 0.717) is 56.0 Å². The fourth-order valence-electron chi connectivity index (χ4n) is 3.83. The van der Waals surface area contributed by atoms with Gasteiger partial charge in [0.1, 0.15) is 30.8 Å². The molecule has 2 amide bonds. The van der Waals surface area contributed by atoms with Crippen LogP contribution in [0.25, 0.3) is 0 Å². The molecule has 1 saturated carbocycles. The van der Waals surface area contributed by atoms with Crippen LogP contribution in [0.1, 0.15) is 36.0 Å². The molecule has 1 aliphatic carbocycles. The minimum Gasteiger partial charge on any atom is -0.491 e. The molecule has 10 nitrogen and oxygen atoms in total.